The molecule has 1 aromatic carbocycles. The Balaban J connectivity index is 2.30. The minimum Gasteiger partial charge on any atom is -0.372 e. The fourth-order valence-corrected chi connectivity index (χ4v) is 2.43. The predicted octanol–water partition coefficient (Wildman–Crippen LogP) is 2.95. The second-order valence-electron chi connectivity index (χ2n) is 5.01. The minimum atomic E-state index is -4.53. The second kappa shape index (κ2) is 5.44. The van der Waals surface area contributed by atoms with Gasteiger partial charge in [0.15, 0.2) is 0 Å². The van der Waals surface area contributed by atoms with Crippen LogP contribution in [-0.4, -0.2) is 36.1 Å². The van der Waals surface area contributed by atoms with Crippen molar-refractivity contribution in [3.63, 3.8) is 0 Å². The Kier molecular flexibility index (Phi) is 4.04. The quantitative estimate of drug-likeness (QED) is 0.794. The van der Waals surface area contributed by atoms with Crippen molar-refractivity contribution in [1.29, 1.82) is 0 Å². The molecule has 0 aromatic heterocycles. The average Bonchev–Trinajstić information content (AvgIpc) is 2.35. The number of amides is 1. The van der Waals surface area contributed by atoms with Gasteiger partial charge >= 0.3 is 6.18 Å². The van der Waals surface area contributed by atoms with Gasteiger partial charge < -0.3 is 9.64 Å². The molecule has 0 saturated carbocycles. The summed E-state index contributed by atoms with van der Waals surface area (Å²) < 4.78 is 44.3. The zero-order valence-electron chi connectivity index (χ0n) is 11.3. The second-order valence-corrected chi connectivity index (χ2v) is 5.01. The van der Waals surface area contributed by atoms with E-state index in [2.05, 4.69) is 0 Å². The van der Waals surface area contributed by atoms with Crippen LogP contribution in [0.15, 0.2) is 24.3 Å². The van der Waals surface area contributed by atoms with Crippen molar-refractivity contribution in [3.05, 3.63) is 35.4 Å². The summed E-state index contributed by atoms with van der Waals surface area (Å²) in [6.07, 6.45) is -4.89. The van der Waals surface area contributed by atoms with Crippen LogP contribution in [0.2, 0.25) is 0 Å². The first-order valence-corrected chi connectivity index (χ1v) is 6.40. The molecule has 2 atom stereocenters. The molecule has 2 rings (SSSR count). The number of carbonyl (C=O) groups is 1. The summed E-state index contributed by atoms with van der Waals surface area (Å²) in [6, 6.07) is 4.87. The van der Waals surface area contributed by atoms with Gasteiger partial charge in [-0.1, -0.05) is 12.1 Å². The molecule has 110 valence electrons. The van der Waals surface area contributed by atoms with Crippen LogP contribution in [0.3, 0.4) is 0 Å². The van der Waals surface area contributed by atoms with Gasteiger partial charge in [-0.25, -0.2) is 0 Å². The highest BCUT2D eigenvalue weighted by Gasteiger charge is 2.37. The van der Waals surface area contributed by atoms with Crippen LogP contribution < -0.4 is 0 Å². The van der Waals surface area contributed by atoms with E-state index >= 15 is 0 Å². The van der Waals surface area contributed by atoms with E-state index in [-0.39, 0.29) is 17.8 Å². The topological polar surface area (TPSA) is 29.5 Å². The van der Waals surface area contributed by atoms with Crippen LogP contribution in [0.25, 0.3) is 0 Å². The smallest absolute Gasteiger partial charge is 0.372 e. The third-order valence-electron chi connectivity index (χ3n) is 3.17. The van der Waals surface area contributed by atoms with Crippen molar-refractivity contribution in [1.82, 2.24) is 4.90 Å². The fourth-order valence-electron chi connectivity index (χ4n) is 2.43. The lowest BCUT2D eigenvalue weighted by molar-refractivity contribution is -0.138. The number of halogens is 3. The summed E-state index contributed by atoms with van der Waals surface area (Å²) in [5, 5.41) is 0. The van der Waals surface area contributed by atoms with Gasteiger partial charge in [-0.05, 0) is 26.0 Å². The van der Waals surface area contributed by atoms with Gasteiger partial charge in [0.2, 0.25) is 0 Å². The van der Waals surface area contributed by atoms with Crippen LogP contribution in [0.4, 0.5) is 13.2 Å². The third-order valence-corrected chi connectivity index (χ3v) is 3.17. The maximum Gasteiger partial charge on any atom is 0.417 e. The predicted molar refractivity (Wildman–Crippen MR) is 67.4 cm³/mol. The van der Waals surface area contributed by atoms with Gasteiger partial charge in [-0.3, -0.25) is 4.79 Å². The first kappa shape index (κ1) is 14.8. The van der Waals surface area contributed by atoms with Gasteiger partial charge in [0, 0.05) is 13.1 Å². The molecular weight excluding hydrogens is 271 g/mol. The Hall–Kier alpha value is -1.56. The lowest BCUT2D eigenvalue weighted by atomic mass is 10.0. The molecule has 0 N–H and O–H groups in total. The molecule has 2 unspecified atom stereocenters. The van der Waals surface area contributed by atoms with E-state index in [9.17, 15) is 18.0 Å². The maximum absolute atomic E-state index is 12.9. The highest BCUT2D eigenvalue weighted by Crippen LogP contribution is 2.32. The third kappa shape index (κ3) is 3.12. The summed E-state index contributed by atoms with van der Waals surface area (Å²) >= 11 is 0. The Morgan fingerprint density at radius 3 is 2.30 bits per heavy atom. The number of rotatable bonds is 1. The zero-order valence-corrected chi connectivity index (χ0v) is 11.3. The van der Waals surface area contributed by atoms with Crippen molar-refractivity contribution < 1.29 is 22.7 Å². The van der Waals surface area contributed by atoms with Crippen LogP contribution in [0, 0.1) is 0 Å². The van der Waals surface area contributed by atoms with Gasteiger partial charge in [0.25, 0.3) is 5.91 Å². The summed E-state index contributed by atoms with van der Waals surface area (Å²) in [6.45, 7) is 4.20. The Bertz CT molecular complexity index is 491. The van der Waals surface area contributed by atoms with Crippen molar-refractivity contribution in [2.75, 3.05) is 13.1 Å². The number of alkyl halides is 3. The van der Waals surface area contributed by atoms with E-state index in [1.165, 1.54) is 23.1 Å². The summed E-state index contributed by atoms with van der Waals surface area (Å²) in [5.74, 6) is -0.597. The lowest BCUT2D eigenvalue weighted by Crippen LogP contribution is -2.48. The highest BCUT2D eigenvalue weighted by atomic mass is 19.4. The number of hydrogen-bond donors (Lipinski definition) is 0. The van der Waals surface area contributed by atoms with Gasteiger partial charge in [0.1, 0.15) is 0 Å². The Morgan fingerprint density at radius 2 is 1.75 bits per heavy atom. The van der Waals surface area contributed by atoms with E-state index in [4.69, 9.17) is 4.74 Å². The average molecular weight is 287 g/mol. The molecule has 0 aliphatic carbocycles. The summed E-state index contributed by atoms with van der Waals surface area (Å²) in [4.78, 5) is 13.7. The molecule has 1 amide bonds. The van der Waals surface area contributed by atoms with Crippen LogP contribution >= 0.6 is 0 Å². The maximum atomic E-state index is 12.9. The minimum absolute atomic E-state index is 0.180. The van der Waals surface area contributed by atoms with Gasteiger partial charge in [0.05, 0.1) is 23.3 Å². The highest BCUT2D eigenvalue weighted by molar-refractivity contribution is 5.96. The van der Waals surface area contributed by atoms with Crippen LogP contribution in [0.5, 0.6) is 0 Å². The monoisotopic (exact) mass is 287 g/mol. The molecule has 20 heavy (non-hydrogen) atoms. The summed E-state index contributed by atoms with van der Waals surface area (Å²) in [7, 11) is 0. The first-order chi connectivity index (χ1) is 9.29. The van der Waals surface area contributed by atoms with Gasteiger partial charge in [-0.15, -0.1) is 0 Å². The van der Waals surface area contributed by atoms with Crippen molar-refractivity contribution in [2.24, 2.45) is 0 Å². The van der Waals surface area contributed by atoms with E-state index < -0.39 is 17.6 Å². The van der Waals surface area contributed by atoms with E-state index in [1.807, 2.05) is 0 Å². The number of benzene rings is 1. The number of nitrogens with zero attached hydrogens (tertiary/aromatic N) is 1. The van der Waals surface area contributed by atoms with Crippen LogP contribution in [0.1, 0.15) is 29.8 Å². The zero-order chi connectivity index (χ0) is 14.9. The Morgan fingerprint density at radius 1 is 1.20 bits per heavy atom. The van der Waals surface area contributed by atoms with Crippen molar-refractivity contribution in [2.45, 2.75) is 32.2 Å². The van der Waals surface area contributed by atoms with E-state index in [0.29, 0.717) is 13.1 Å². The van der Waals surface area contributed by atoms with E-state index in [0.717, 1.165) is 6.07 Å². The molecule has 6 heteroatoms. The van der Waals surface area contributed by atoms with Gasteiger partial charge in [-0.2, -0.15) is 13.2 Å². The molecule has 1 aliphatic heterocycles. The SMILES string of the molecule is CC1CN(C(=O)c2ccccc2C(F)(F)F)CC(C)O1. The first-order valence-electron chi connectivity index (χ1n) is 6.40. The number of carbonyl (C=O) groups excluding carboxylic acids is 1. The molecule has 0 radical (unpaired) electrons. The largest absolute Gasteiger partial charge is 0.417 e. The van der Waals surface area contributed by atoms with Crippen LogP contribution in [-0.2, 0) is 10.9 Å². The Labute approximate surface area is 115 Å². The molecule has 0 spiro atoms. The number of ether oxygens (including phenoxy) is 1. The molecule has 1 fully saturated rings. The fraction of sp³-hybridized carbons (Fsp3) is 0.500. The molecular formula is C14H16F3NO2. The normalized spacial score (nSPS) is 23.8. The summed E-state index contributed by atoms with van der Waals surface area (Å²) in [5.41, 5.74) is -1.20. The molecule has 1 aliphatic rings. The molecule has 0 bridgehead atoms. The molecule has 1 heterocycles. The molecule has 1 saturated heterocycles. The van der Waals surface area contributed by atoms with E-state index in [1.54, 1.807) is 13.8 Å². The van der Waals surface area contributed by atoms with Crippen molar-refractivity contribution in [3.8, 4) is 0 Å². The number of morpholine rings is 1. The lowest BCUT2D eigenvalue weighted by Gasteiger charge is -2.35. The van der Waals surface area contributed by atoms with Crippen molar-refractivity contribution >= 4 is 5.91 Å². The molecule has 1 aromatic rings. The standard InChI is InChI=1S/C14H16F3NO2/c1-9-7-18(8-10(2)20-9)13(19)11-5-3-4-6-12(11)14(15,16)17/h3-6,9-10H,7-8H2,1-2H3. The number of hydrogen-bond acceptors (Lipinski definition) is 2. The molecule has 3 nitrogen and oxygen atoms in total.